The van der Waals surface area contributed by atoms with Crippen molar-refractivity contribution in [2.24, 2.45) is 5.73 Å². The van der Waals surface area contributed by atoms with Gasteiger partial charge in [-0.2, -0.15) is 0 Å². The summed E-state index contributed by atoms with van der Waals surface area (Å²) in [6.45, 7) is 0.241. The SMILES string of the molecule is COc1ccc(NC(=O)NCc2ccccc2-c2noc3cccc(C(N)=O)c23)cc1. The van der Waals surface area contributed by atoms with E-state index in [9.17, 15) is 9.59 Å². The Kier molecular flexibility index (Phi) is 5.53. The number of nitrogens with two attached hydrogens (primary N) is 1. The normalized spacial score (nSPS) is 10.6. The second-order valence-electron chi connectivity index (χ2n) is 6.77. The number of amides is 3. The molecule has 3 amide bonds. The number of carbonyl (C=O) groups is 2. The number of methoxy groups -OCH3 is 1. The van der Waals surface area contributed by atoms with Crippen LogP contribution in [0.5, 0.6) is 5.75 Å². The number of nitrogens with one attached hydrogen (secondary N) is 2. The van der Waals surface area contributed by atoms with Crippen LogP contribution in [0, 0.1) is 0 Å². The van der Waals surface area contributed by atoms with Crippen molar-refractivity contribution in [1.29, 1.82) is 0 Å². The third kappa shape index (κ3) is 4.18. The van der Waals surface area contributed by atoms with E-state index in [1.165, 1.54) is 0 Å². The van der Waals surface area contributed by atoms with Crippen LogP contribution in [-0.2, 0) is 6.54 Å². The number of nitrogens with zero attached hydrogens (tertiary/aromatic N) is 1. The van der Waals surface area contributed by atoms with Crippen LogP contribution in [-0.4, -0.2) is 24.2 Å². The number of anilines is 1. The smallest absolute Gasteiger partial charge is 0.319 e. The number of rotatable bonds is 6. The lowest BCUT2D eigenvalue weighted by Gasteiger charge is -2.11. The van der Waals surface area contributed by atoms with Crippen LogP contribution in [0.1, 0.15) is 15.9 Å². The maximum absolute atomic E-state index is 12.3. The molecule has 0 aliphatic carbocycles. The van der Waals surface area contributed by atoms with E-state index in [2.05, 4.69) is 15.8 Å². The molecule has 3 aromatic carbocycles. The number of carbonyl (C=O) groups excluding carboxylic acids is 2. The van der Waals surface area contributed by atoms with Crippen molar-refractivity contribution in [2.45, 2.75) is 6.54 Å². The van der Waals surface area contributed by atoms with Gasteiger partial charge in [0.05, 0.1) is 18.1 Å². The third-order valence-electron chi connectivity index (χ3n) is 4.82. The summed E-state index contributed by atoms with van der Waals surface area (Å²) in [4.78, 5) is 24.2. The van der Waals surface area contributed by atoms with Gasteiger partial charge in [-0.1, -0.05) is 35.5 Å². The van der Waals surface area contributed by atoms with Gasteiger partial charge in [0.25, 0.3) is 0 Å². The fourth-order valence-electron chi connectivity index (χ4n) is 3.31. The van der Waals surface area contributed by atoms with Crippen molar-refractivity contribution in [3.05, 3.63) is 77.9 Å². The molecule has 31 heavy (non-hydrogen) atoms. The zero-order valence-electron chi connectivity index (χ0n) is 16.7. The molecule has 8 heteroatoms. The molecule has 1 heterocycles. The fraction of sp³-hybridized carbons (Fsp3) is 0.0870. The van der Waals surface area contributed by atoms with Crippen molar-refractivity contribution >= 4 is 28.6 Å². The lowest BCUT2D eigenvalue weighted by molar-refractivity contribution is 0.100. The summed E-state index contributed by atoms with van der Waals surface area (Å²) in [6.07, 6.45) is 0. The number of hydrogen-bond donors (Lipinski definition) is 3. The number of fused-ring (bicyclic) bond motifs is 1. The van der Waals surface area contributed by atoms with Gasteiger partial charge in [-0.25, -0.2) is 4.79 Å². The van der Waals surface area contributed by atoms with Crippen LogP contribution in [0.2, 0.25) is 0 Å². The number of urea groups is 1. The lowest BCUT2D eigenvalue weighted by atomic mass is 9.99. The monoisotopic (exact) mass is 416 g/mol. The molecule has 0 atom stereocenters. The van der Waals surface area contributed by atoms with Crippen molar-refractivity contribution in [2.75, 3.05) is 12.4 Å². The Morgan fingerprint density at radius 1 is 1.03 bits per heavy atom. The zero-order valence-corrected chi connectivity index (χ0v) is 16.7. The highest BCUT2D eigenvalue weighted by atomic mass is 16.5. The Labute approximate surface area is 178 Å². The van der Waals surface area contributed by atoms with E-state index in [0.29, 0.717) is 33.7 Å². The van der Waals surface area contributed by atoms with Gasteiger partial charge in [-0.15, -0.1) is 0 Å². The van der Waals surface area contributed by atoms with Gasteiger partial charge in [0.1, 0.15) is 11.4 Å². The average molecular weight is 416 g/mol. The van der Waals surface area contributed by atoms with E-state index < -0.39 is 5.91 Å². The molecule has 0 radical (unpaired) electrons. The molecule has 0 aliphatic rings. The van der Waals surface area contributed by atoms with Crippen LogP contribution in [0.3, 0.4) is 0 Å². The fourth-order valence-corrected chi connectivity index (χ4v) is 3.31. The van der Waals surface area contributed by atoms with Crippen LogP contribution in [0.15, 0.2) is 71.3 Å². The van der Waals surface area contributed by atoms with Gasteiger partial charge < -0.3 is 25.6 Å². The molecule has 0 spiro atoms. The first kappa shape index (κ1) is 20.0. The molecule has 1 aromatic heterocycles. The molecule has 156 valence electrons. The highest BCUT2D eigenvalue weighted by molar-refractivity contribution is 6.10. The molecule has 0 saturated carbocycles. The highest BCUT2D eigenvalue weighted by Crippen LogP contribution is 2.32. The quantitative estimate of drug-likeness (QED) is 0.440. The van der Waals surface area contributed by atoms with Crippen molar-refractivity contribution in [3.8, 4) is 17.0 Å². The zero-order chi connectivity index (χ0) is 21.8. The number of ether oxygens (including phenoxy) is 1. The predicted molar refractivity (Wildman–Crippen MR) is 117 cm³/mol. The summed E-state index contributed by atoms with van der Waals surface area (Å²) in [7, 11) is 1.58. The Balaban J connectivity index is 1.56. The van der Waals surface area contributed by atoms with Crippen LogP contribution < -0.4 is 21.1 Å². The number of hydrogen-bond acceptors (Lipinski definition) is 5. The molecule has 0 bridgehead atoms. The minimum atomic E-state index is -0.565. The second-order valence-corrected chi connectivity index (χ2v) is 6.77. The predicted octanol–water partition coefficient (Wildman–Crippen LogP) is 3.92. The molecule has 4 N–H and O–H groups in total. The first-order chi connectivity index (χ1) is 15.1. The van der Waals surface area contributed by atoms with Crippen LogP contribution >= 0.6 is 0 Å². The van der Waals surface area contributed by atoms with Crippen molar-refractivity contribution in [3.63, 3.8) is 0 Å². The largest absolute Gasteiger partial charge is 0.497 e. The van der Waals surface area contributed by atoms with Gasteiger partial charge in [0.2, 0.25) is 5.91 Å². The third-order valence-corrected chi connectivity index (χ3v) is 4.82. The second kappa shape index (κ2) is 8.58. The molecule has 0 fully saturated rings. The molecule has 4 rings (SSSR count). The number of benzene rings is 3. The Bertz CT molecular complexity index is 1250. The Morgan fingerprint density at radius 3 is 2.55 bits per heavy atom. The van der Waals surface area contributed by atoms with Gasteiger partial charge in [-0.05, 0) is 42.0 Å². The van der Waals surface area contributed by atoms with Crippen molar-refractivity contribution in [1.82, 2.24) is 10.5 Å². The van der Waals surface area contributed by atoms with E-state index in [1.807, 2.05) is 24.3 Å². The Hall–Kier alpha value is -4.33. The van der Waals surface area contributed by atoms with E-state index in [0.717, 1.165) is 11.1 Å². The maximum Gasteiger partial charge on any atom is 0.319 e. The minimum absolute atomic E-state index is 0.241. The van der Waals surface area contributed by atoms with E-state index >= 15 is 0 Å². The summed E-state index contributed by atoms with van der Waals surface area (Å²) in [5, 5.41) is 10.3. The first-order valence-corrected chi connectivity index (χ1v) is 9.52. The van der Waals surface area contributed by atoms with E-state index in [4.69, 9.17) is 15.0 Å². The van der Waals surface area contributed by atoms with Crippen LogP contribution in [0.25, 0.3) is 22.2 Å². The van der Waals surface area contributed by atoms with Crippen molar-refractivity contribution < 1.29 is 18.8 Å². The van der Waals surface area contributed by atoms with Gasteiger partial charge >= 0.3 is 6.03 Å². The average Bonchev–Trinajstić information content (AvgIpc) is 3.22. The topological polar surface area (TPSA) is 119 Å². The van der Waals surface area contributed by atoms with Gasteiger partial charge in [0.15, 0.2) is 5.58 Å². The first-order valence-electron chi connectivity index (χ1n) is 9.52. The highest BCUT2D eigenvalue weighted by Gasteiger charge is 2.19. The summed E-state index contributed by atoms with van der Waals surface area (Å²) in [5.41, 5.74) is 9.00. The van der Waals surface area contributed by atoms with E-state index in [-0.39, 0.29) is 12.6 Å². The number of aromatic nitrogens is 1. The summed E-state index contributed by atoms with van der Waals surface area (Å²) in [5.74, 6) is 0.138. The molecular weight excluding hydrogens is 396 g/mol. The molecule has 8 nitrogen and oxygen atoms in total. The molecule has 0 aliphatic heterocycles. The van der Waals surface area contributed by atoms with Crippen LogP contribution in [0.4, 0.5) is 10.5 Å². The molecule has 0 unspecified atom stereocenters. The summed E-state index contributed by atoms with van der Waals surface area (Å²) >= 11 is 0. The number of primary amides is 1. The summed E-state index contributed by atoms with van der Waals surface area (Å²) < 4.78 is 10.5. The molecular formula is C23H20N4O4. The van der Waals surface area contributed by atoms with Gasteiger partial charge in [-0.3, -0.25) is 4.79 Å². The lowest BCUT2D eigenvalue weighted by Crippen LogP contribution is -2.28. The Morgan fingerprint density at radius 2 is 1.81 bits per heavy atom. The van der Waals surface area contributed by atoms with E-state index in [1.54, 1.807) is 49.6 Å². The standard InChI is InChI=1S/C23H20N4O4/c1-30-16-11-9-15(10-12-16)26-23(29)25-13-14-5-2-3-6-17(14)21-20-18(22(24)28)7-4-8-19(20)31-27-21/h2-12H,13H2,1H3,(H2,24,28)(H2,25,26,29). The maximum atomic E-state index is 12.3. The van der Waals surface area contributed by atoms with Gasteiger partial charge in [0, 0.05) is 17.8 Å². The summed E-state index contributed by atoms with van der Waals surface area (Å²) in [6, 6.07) is 19.1. The molecule has 0 saturated heterocycles. The molecule has 4 aromatic rings. The minimum Gasteiger partial charge on any atom is -0.497 e.